The average molecular weight is 504 g/mol. The summed E-state index contributed by atoms with van der Waals surface area (Å²) in [5.74, 6) is 0.973. The van der Waals surface area contributed by atoms with E-state index >= 15 is 0 Å². The van der Waals surface area contributed by atoms with Gasteiger partial charge in [0.2, 0.25) is 0 Å². The van der Waals surface area contributed by atoms with Crippen LogP contribution in [0.3, 0.4) is 0 Å². The van der Waals surface area contributed by atoms with Crippen LogP contribution in [0.1, 0.15) is 29.1 Å². The molecule has 1 amide bonds. The van der Waals surface area contributed by atoms with Gasteiger partial charge in [0, 0.05) is 55.9 Å². The molecule has 8 nitrogen and oxygen atoms in total. The van der Waals surface area contributed by atoms with Gasteiger partial charge in [0.1, 0.15) is 11.5 Å². The molecule has 36 heavy (non-hydrogen) atoms. The molecule has 4 aromatic rings. The van der Waals surface area contributed by atoms with Crippen LogP contribution < -0.4 is 9.80 Å². The predicted molar refractivity (Wildman–Crippen MR) is 138 cm³/mol. The lowest BCUT2D eigenvalue weighted by molar-refractivity contribution is 0.0638. The van der Waals surface area contributed by atoms with Crippen molar-refractivity contribution in [3.63, 3.8) is 0 Å². The summed E-state index contributed by atoms with van der Waals surface area (Å²) in [5, 5.41) is 11.9. The Morgan fingerprint density at radius 2 is 1.64 bits per heavy atom. The predicted octanol–water partition coefficient (Wildman–Crippen LogP) is 4.08. The smallest absolute Gasteiger partial charge is 0.254 e. The van der Waals surface area contributed by atoms with E-state index < -0.39 is 0 Å². The number of rotatable bonds is 4. The van der Waals surface area contributed by atoms with Crippen molar-refractivity contribution in [1.82, 2.24) is 24.6 Å². The second kappa shape index (κ2) is 9.34. The van der Waals surface area contributed by atoms with E-state index in [1.165, 1.54) is 30.0 Å². The largest absolute Gasteiger partial charge is 0.368 e. The van der Waals surface area contributed by atoms with E-state index in [2.05, 4.69) is 48.8 Å². The maximum Gasteiger partial charge on any atom is 0.254 e. The molecule has 10 heteroatoms. The Morgan fingerprint density at radius 3 is 2.39 bits per heavy atom. The molecule has 2 aliphatic heterocycles. The molecule has 0 N–H and O–H groups in total. The molecule has 2 aromatic carbocycles. The summed E-state index contributed by atoms with van der Waals surface area (Å²) in [6, 6.07) is 15.9. The number of piperazine rings is 1. The van der Waals surface area contributed by atoms with Crippen LogP contribution in [0.4, 0.5) is 15.2 Å². The summed E-state index contributed by atoms with van der Waals surface area (Å²) in [5.41, 5.74) is 2.53. The van der Waals surface area contributed by atoms with Crippen molar-refractivity contribution in [2.45, 2.75) is 19.5 Å². The summed E-state index contributed by atoms with van der Waals surface area (Å²) < 4.78 is 15.3. The Labute approximate surface area is 212 Å². The lowest BCUT2D eigenvalue weighted by atomic mass is 10.1. The van der Waals surface area contributed by atoms with Gasteiger partial charge in [-0.15, -0.1) is 21.5 Å². The summed E-state index contributed by atoms with van der Waals surface area (Å²) in [7, 11) is 0. The SMILES string of the molecule is C[C@@H]1c2nnc(-c3csc(N4CCN(c5ccccc5)CC4)n3)n2CCN1C(=O)c1ccc(F)cc1. The first-order chi connectivity index (χ1) is 17.6. The number of benzene rings is 2. The number of carbonyl (C=O) groups excluding carboxylic acids is 1. The molecular formula is C26H26FN7OS. The lowest BCUT2D eigenvalue weighted by Gasteiger charge is -2.36. The maximum absolute atomic E-state index is 13.3. The molecule has 184 valence electrons. The van der Waals surface area contributed by atoms with Gasteiger partial charge in [-0.05, 0) is 43.3 Å². The molecule has 0 aliphatic carbocycles. The molecule has 0 spiro atoms. The van der Waals surface area contributed by atoms with E-state index in [-0.39, 0.29) is 17.8 Å². The first-order valence-corrected chi connectivity index (χ1v) is 13.0. The highest BCUT2D eigenvalue weighted by Gasteiger charge is 2.32. The number of para-hydroxylation sites is 1. The molecule has 0 saturated carbocycles. The van der Waals surface area contributed by atoms with Crippen molar-refractivity contribution < 1.29 is 9.18 Å². The van der Waals surface area contributed by atoms with Crippen LogP contribution in [-0.2, 0) is 6.54 Å². The minimum absolute atomic E-state index is 0.135. The number of nitrogens with zero attached hydrogens (tertiary/aromatic N) is 7. The molecular weight excluding hydrogens is 477 g/mol. The van der Waals surface area contributed by atoms with E-state index in [0.29, 0.717) is 18.7 Å². The molecule has 2 aromatic heterocycles. The fourth-order valence-corrected chi connectivity index (χ4v) is 5.78. The molecule has 2 aliphatic rings. The first-order valence-electron chi connectivity index (χ1n) is 12.1. The van der Waals surface area contributed by atoms with Crippen molar-refractivity contribution >= 4 is 28.1 Å². The van der Waals surface area contributed by atoms with E-state index in [4.69, 9.17) is 4.98 Å². The minimum Gasteiger partial charge on any atom is -0.368 e. The molecule has 1 fully saturated rings. The van der Waals surface area contributed by atoms with Gasteiger partial charge in [0.15, 0.2) is 16.8 Å². The fraction of sp³-hybridized carbons (Fsp3) is 0.308. The second-order valence-electron chi connectivity index (χ2n) is 9.04. The number of amides is 1. The summed E-state index contributed by atoms with van der Waals surface area (Å²) in [6.45, 7) is 6.78. The van der Waals surface area contributed by atoms with Crippen molar-refractivity contribution in [1.29, 1.82) is 0 Å². The number of hydrogen-bond donors (Lipinski definition) is 0. The van der Waals surface area contributed by atoms with Crippen molar-refractivity contribution in [2.75, 3.05) is 42.5 Å². The zero-order valence-electron chi connectivity index (χ0n) is 19.9. The number of fused-ring (bicyclic) bond motifs is 1. The summed E-state index contributed by atoms with van der Waals surface area (Å²) >= 11 is 1.63. The van der Waals surface area contributed by atoms with Gasteiger partial charge in [-0.2, -0.15) is 0 Å². The van der Waals surface area contributed by atoms with E-state index in [0.717, 1.165) is 48.7 Å². The van der Waals surface area contributed by atoms with Gasteiger partial charge >= 0.3 is 0 Å². The molecule has 6 rings (SSSR count). The number of anilines is 2. The summed E-state index contributed by atoms with van der Waals surface area (Å²) in [6.07, 6.45) is 0. The highest BCUT2D eigenvalue weighted by atomic mass is 32.1. The molecule has 4 heterocycles. The van der Waals surface area contributed by atoms with Crippen molar-refractivity contribution in [2.24, 2.45) is 0 Å². The zero-order valence-corrected chi connectivity index (χ0v) is 20.7. The number of halogens is 1. The standard InChI is InChI=1S/C26H26FN7OS/c1-18-23-29-30-24(34(23)16-15-33(18)25(35)19-7-9-20(27)10-8-19)22-17-36-26(28-22)32-13-11-31(12-14-32)21-5-3-2-4-6-21/h2-10,17-18H,11-16H2,1H3/t18-/m1/s1. The highest BCUT2D eigenvalue weighted by molar-refractivity contribution is 7.14. The van der Waals surface area contributed by atoms with Gasteiger partial charge < -0.3 is 19.3 Å². The minimum atomic E-state index is -0.358. The van der Waals surface area contributed by atoms with Gasteiger partial charge in [-0.1, -0.05) is 18.2 Å². The number of carbonyl (C=O) groups is 1. The monoisotopic (exact) mass is 503 g/mol. The highest BCUT2D eigenvalue weighted by Crippen LogP contribution is 2.32. The molecule has 1 saturated heterocycles. The molecule has 0 radical (unpaired) electrons. The number of hydrogen-bond acceptors (Lipinski definition) is 7. The normalized spacial score (nSPS) is 17.8. The lowest BCUT2D eigenvalue weighted by Crippen LogP contribution is -2.46. The molecule has 0 unspecified atom stereocenters. The third-order valence-corrected chi connectivity index (χ3v) is 7.83. The second-order valence-corrected chi connectivity index (χ2v) is 9.88. The van der Waals surface area contributed by atoms with Crippen LogP contribution in [0.2, 0.25) is 0 Å². The molecule has 0 bridgehead atoms. The fourth-order valence-electron chi connectivity index (χ4n) is 4.92. The Hall–Kier alpha value is -3.79. The Kier molecular flexibility index (Phi) is 5.88. The van der Waals surface area contributed by atoms with Crippen LogP contribution in [0.25, 0.3) is 11.5 Å². The van der Waals surface area contributed by atoms with Gasteiger partial charge in [-0.3, -0.25) is 4.79 Å². The van der Waals surface area contributed by atoms with E-state index in [1.807, 2.05) is 18.4 Å². The van der Waals surface area contributed by atoms with Crippen LogP contribution >= 0.6 is 11.3 Å². The van der Waals surface area contributed by atoms with Gasteiger partial charge in [-0.25, -0.2) is 9.37 Å². The van der Waals surface area contributed by atoms with Crippen LogP contribution in [0, 0.1) is 5.82 Å². The Morgan fingerprint density at radius 1 is 0.917 bits per heavy atom. The maximum atomic E-state index is 13.3. The van der Waals surface area contributed by atoms with Crippen LogP contribution in [0.5, 0.6) is 0 Å². The van der Waals surface area contributed by atoms with E-state index in [1.54, 1.807) is 16.2 Å². The quantitative estimate of drug-likeness (QED) is 0.418. The number of aromatic nitrogens is 4. The van der Waals surface area contributed by atoms with Gasteiger partial charge in [0.05, 0.1) is 6.04 Å². The van der Waals surface area contributed by atoms with Crippen molar-refractivity contribution in [3.05, 3.63) is 77.2 Å². The Bertz CT molecular complexity index is 1360. The summed E-state index contributed by atoms with van der Waals surface area (Å²) in [4.78, 5) is 24.4. The Balaban J connectivity index is 1.16. The molecule has 1 atom stereocenters. The topological polar surface area (TPSA) is 70.4 Å². The number of thiazole rings is 1. The third-order valence-electron chi connectivity index (χ3n) is 6.93. The van der Waals surface area contributed by atoms with Gasteiger partial charge in [0.25, 0.3) is 5.91 Å². The van der Waals surface area contributed by atoms with Crippen molar-refractivity contribution in [3.8, 4) is 11.5 Å². The van der Waals surface area contributed by atoms with E-state index in [9.17, 15) is 9.18 Å². The van der Waals surface area contributed by atoms with Crippen LogP contribution in [0.15, 0.2) is 60.0 Å². The first kappa shape index (κ1) is 22.7. The van der Waals surface area contributed by atoms with Crippen LogP contribution in [-0.4, -0.2) is 63.3 Å². The zero-order chi connectivity index (χ0) is 24.6. The third kappa shape index (κ3) is 4.11. The average Bonchev–Trinajstić information content (AvgIpc) is 3.58.